The second kappa shape index (κ2) is 8.06. The van der Waals surface area contributed by atoms with Gasteiger partial charge in [0, 0.05) is 12.2 Å². The van der Waals surface area contributed by atoms with Gasteiger partial charge in [0.1, 0.15) is 11.9 Å². The van der Waals surface area contributed by atoms with E-state index < -0.39 is 5.91 Å². The monoisotopic (exact) mass is 387 g/mol. The predicted molar refractivity (Wildman–Crippen MR) is 110 cm³/mol. The molecule has 1 aliphatic rings. The quantitative estimate of drug-likeness (QED) is 0.680. The molecule has 0 aliphatic carbocycles. The second-order valence-electron chi connectivity index (χ2n) is 6.84. The number of carbonyl (C=O) groups is 2. The van der Waals surface area contributed by atoms with Crippen molar-refractivity contribution in [3.63, 3.8) is 0 Å². The summed E-state index contributed by atoms with van der Waals surface area (Å²) in [4.78, 5) is 26.0. The van der Waals surface area contributed by atoms with Gasteiger partial charge in [0.25, 0.3) is 11.8 Å². The van der Waals surface area contributed by atoms with E-state index in [4.69, 9.17) is 10.5 Å². The Morgan fingerprint density at radius 3 is 2.38 bits per heavy atom. The Kier molecular flexibility index (Phi) is 5.16. The molecule has 3 aromatic carbocycles. The van der Waals surface area contributed by atoms with Gasteiger partial charge in [-0.25, -0.2) is 0 Å². The maximum absolute atomic E-state index is 13.3. The molecule has 1 heterocycles. The summed E-state index contributed by atoms with van der Waals surface area (Å²) in [5.41, 5.74) is 8.54. The Bertz CT molecular complexity index is 1020. The number of hydrogen-bond donors (Lipinski definition) is 2. The highest BCUT2D eigenvalue weighted by atomic mass is 16.5. The molecule has 0 unspecified atom stereocenters. The van der Waals surface area contributed by atoms with Crippen LogP contribution in [0.2, 0.25) is 0 Å². The number of fused-ring (bicyclic) bond motifs is 1. The van der Waals surface area contributed by atoms with Crippen LogP contribution in [0.4, 0.5) is 5.69 Å². The molecule has 1 atom stereocenters. The molecule has 146 valence electrons. The summed E-state index contributed by atoms with van der Waals surface area (Å²) in [6, 6.07) is 24.7. The van der Waals surface area contributed by atoms with E-state index in [-0.39, 0.29) is 18.7 Å². The highest BCUT2D eigenvalue weighted by Crippen LogP contribution is 2.34. The van der Waals surface area contributed by atoms with Crippen LogP contribution in [0.1, 0.15) is 27.7 Å². The van der Waals surface area contributed by atoms with E-state index in [0.717, 1.165) is 16.8 Å². The van der Waals surface area contributed by atoms with Gasteiger partial charge in [0.05, 0.1) is 5.56 Å². The number of carbonyl (C=O) groups excluding carboxylic acids is 2. The zero-order valence-corrected chi connectivity index (χ0v) is 15.7. The van der Waals surface area contributed by atoms with E-state index in [2.05, 4.69) is 5.32 Å². The van der Waals surface area contributed by atoms with E-state index >= 15 is 0 Å². The molecule has 4 rings (SSSR count). The minimum Gasteiger partial charge on any atom is -0.484 e. The van der Waals surface area contributed by atoms with Crippen molar-refractivity contribution in [1.29, 1.82) is 0 Å². The Morgan fingerprint density at radius 1 is 0.966 bits per heavy atom. The van der Waals surface area contributed by atoms with Crippen LogP contribution in [0.25, 0.3) is 0 Å². The number of para-hydroxylation sites is 1. The smallest absolute Gasteiger partial charge is 0.258 e. The van der Waals surface area contributed by atoms with Crippen molar-refractivity contribution in [2.24, 2.45) is 5.73 Å². The Balaban J connectivity index is 1.65. The highest BCUT2D eigenvalue weighted by molar-refractivity contribution is 6.01. The molecule has 6 nitrogen and oxygen atoms in total. The first-order valence-electron chi connectivity index (χ1n) is 9.33. The zero-order valence-electron chi connectivity index (χ0n) is 15.7. The first-order chi connectivity index (χ1) is 14.1. The third-order valence-electron chi connectivity index (χ3n) is 4.79. The number of ether oxygens (including phenoxy) is 1. The van der Waals surface area contributed by atoms with Gasteiger partial charge in [-0.15, -0.1) is 0 Å². The normalized spacial score (nSPS) is 15.4. The van der Waals surface area contributed by atoms with Gasteiger partial charge in [0.2, 0.25) is 0 Å². The van der Waals surface area contributed by atoms with Crippen LogP contribution in [0.5, 0.6) is 5.75 Å². The Hall–Kier alpha value is -3.80. The largest absolute Gasteiger partial charge is 0.484 e. The lowest BCUT2D eigenvalue weighted by Gasteiger charge is -2.38. The molecule has 0 aromatic heterocycles. The van der Waals surface area contributed by atoms with Gasteiger partial charge in [-0.1, -0.05) is 54.6 Å². The Labute approximate surface area is 168 Å². The molecule has 0 fully saturated rings. The molecule has 0 spiro atoms. The molecule has 0 saturated heterocycles. The summed E-state index contributed by atoms with van der Waals surface area (Å²) < 4.78 is 5.33. The van der Waals surface area contributed by atoms with Gasteiger partial charge >= 0.3 is 0 Å². The van der Waals surface area contributed by atoms with Gasteiger partial charge in [-0.05, 0) is 35.4 Å². The number of rotatable bonds is 6. The molecular weight excluding hydrogens is 366 g/mol. The molecule has 2 amide bonds. The van der Waals surface area contributed by atoms with Crippen LogP contribution >= 0.6 is 0 Å². The van der Waals surface area contributed by atoms with E-state index in [1.165, 1.54) is 0 Å². The molecule has 1 aliphatic heterocycles. The number of amides is 2. The number of nitrogens with two attached hydrogens (primary N) is 1. The molecule has 0 bridgehead atoms. The number of primary amides is 1. The molecule has 0 radical (unpaired) electrons. The highest BCUT2D eigenvalue weighted by Gasteiger charge is 2.32. The van der Waals surface area contributed by atoms with Gasteiger partial charge in [-0.2, -0.15) is 0 Å². The maximum atomic E-state index is 13.3. The lowest BCUT2D eigenvalue weighted by atomic mass is 10.0. The van der Waals surface area contributed by atoms with Crippen molar-refractivity contribution in [2.45, 2.75) is 12.7 Å². The topological polar surface area (TPSA) is 84.7 Å². The molecule has 3 aromatic rings. The summed E-state index contributed by atoms with van der Waals surface area (Å²) in [5, 5.41) is 3.47. The fraction of sp³-hybridized carbons (Fsp3) is 0.130. The lowest BCUT2D eigenvalue weighted by molar-refractivity contribution is -0.119. The van der Waals surface area contributed by atoms with Crippen molar-refractivity contribution in [3.8, 4) is 5.75 Å². The SMILES string of the molecule is NC(=O)COc1ccc([C@H]2Nc3ccccc3C(=O)N2Cc2ccccc2)cc1. The van der Waals surface area contributed by atoms with Crippen molar-refractivity contribution in [2.75, 3.05) is 11.9 Å². The maximum Gasteiger partial charge on any atom is 0.258 e. The summed E-state index contributed by atoms with van der Waals surface area (Å²) in [5.74, 6) is -0.00813. The molecule has 0 saturated carbocycles. The van der Waals surface area contributed by atoms with Crippen LogP contribution in [0, 0.1) is 0 Å². The number of hydrogen-bond acceptors (Lipinski definition) is 4. The first kappa shape index (κ1) is 18.6. The molecule has 29 heavy (non-hydrogen) atoms. The van der Waals surface area contributed by atoms with E-state index in [9.17, 15) is 9.59 Å². The fourth-order valence-corrected chi connectivity index (χ4v) is 3.40. The number of benzene rings is 3. The zero-order chi connectivity index (χ0) is 20.2. The van der Waals surface area contributed by atoms with E-state index in [0.29, 0.717) is 17.9 Å². The van der Waals surface area contributed by atoms with Crippen molar-refractivity contribution in [1.82, 2.24) is 4.90 Å². The predicted octanol–water partition coefficient (Wildman–Crippen LogP) is 3.32. The molecule has 3 N–H and O–H groups in total. The van der Waals surface area contributed by atoms with Crippen LogP contribution in [0.15, 0.2) is 78.9 Å². The first-order valence-corrected chi connectivity index (χ1v) is 9.33. The van der Waals surface area contributed by atoms with Gasteiger partial charge in [-0.3, -0.25) is 9.59 Å². The Morgan fingerprint density at radius 2 is 1.66 bits per heavy atom. The molecule has 6 heteroatoms. The average Bonchev–Trinajstić information content (AvgIpc) is 2.75. The minimum absolute atomic E-state index is 0.0257. The number of nitrogens with zero attached hydrogens (tertiary/aromatic N) is 1. The van der Waals surface area contributed by atoms with Gasteiger partial charge < -0.3 is 20.7 Å². The van der Waals surface area contributed by atoms with Crippen LogP contribution in [-0.4, -0.2) is 23.3 Å². The van der Waals surface area contributed by atoms with Crippen molar-refractivity contribution < 1.29 is 14.3 Å². The lowest BCUT2D eigenvalue weighted by Crippen LogP contribution is -2.42. The standard InChI is InChI=1S/C23H21N3O3/c24-21(27)15-29-18-12-10-17(11-13-18)22-25-20-9-5-4-8-19(20)23(28)26(22)14-16-6-2-1-3-7-16/h1-13,22,25H,14-15H2,(H2,24,27)/t22-/m0/s1. The summed E-state index contributed by atoms with van der Waals surface area (Å²) >= 11 is 0. The van der Waals surface area contributed by atoms with Crippen LogP contribution in [0.3, 0.4) is 0 Å². The van der Waals surface area contributed by atoms with E-state index in [1.807, 2.05) is 71.6 Å². The second-order valence-corrected chi connectivity index (χ2v) is 6.84. The van der Waals surface area contributed by atoms with E-state index in [1.54, 1.807) is 12.1 Å². The fourth-order valence-electron chi connectivity index (χ4n) is 3.40. The summed E-state index contributed by atoms with van der Waals surface area (Å²) in [6.45, 7) is 0.304. The van der Waals surface area contributed by atoms with Crippen LogP contribution in [-0.2, 0) is 11.3 Å². The summed E-state index contributed by atoms with van der Waals surface area (Å²) in [7, 11) is 0. The number of nitrogens with one attached hydrogen (secondary N) is 1. The average molecular weight is 387 g/mol. The van der Waals surface area contributed by atoms with Crippen LogP contribution < -0.4 is 15.8 Å². The minimum atomic E-state index is -0.528. The van der Waals surface area contributed by atoms with Gasteiger partial charge in [0.15, 0.2) is 6.61 Å². The van der Waals surface area contributed by atoms with Crippen molar-refractivity contribution in [3.05, 3.63) is 95.6 Å². The van der Waals surface area contributed by atoms with Crippen molar-refractivity contribution >= 4 is 17.5 Å². The molecular formula is C23H21N3O3. The third kappa shape index (κ3) is 4.06. The summed E-state index contributed by atoms with van der Waals surface area (Å²) in [6.07, 6.45) is -0.331. The number of anilines is 1. The third-order valence-corrected chi connectivity index (χ3v) is 4.79.